The highest BCUT2D eigenvalue weighted by Gasteiger charge is 2.35. The summed E-state index contributed by atoms with van der Waals surface area (Å²) >= 11 is 0. The molecule has 0 aliphatic carbocycles. The zero-order chi connectivity index (χ0) is 20.7. The quantitative estimate of drug-likeness (QED) is 0.634. The van der Waals surface area contributed by atoms with Crippen LogP contribution in [0, 0.1) is 0 Å². The van der Waals surface area contributed by atoms with Gasteiger partial charge < -0.3 is 4.90 Å². The Bertz CT molecular complexity index is 929. The molecular weight excluding hydrogens is 384 g/mol. The Morgan fingerprint density at radius 1 is 0.893 bits per heavy atom. The largest absolute Gasteiger partial charge is 0.416 e. The molecule has 0 aromatic heterocycles. The number of ketones is 1. The number of nitrogens with zero attached hydrogens (tertiary/aromatic N) is 1. The van der Waals surface area contributed by atoms with Crippen LogP contribution in [0.5, 0.6) is 0 Å². The maximum absolute atomic E-state index is 13.0. The fourth-order valence-electron chi connectivity index (χ4n) is 3.16. The highest BCUT2D eigenvalue weighted by Crippen LogP contribution is 2.36. The molecule has 3 rings (SSSR count). The summed E-state index contributed by atoms with van der Waals surface area (Å²) in [5.74, 6) is -1.43. The Labute approximate surface area is 157 Å². The molecular formula is C20H15F6NO. The summed E-state index contributed by atoms with van der Waals surface area (Å²) < 4.78 is 77.9. The van der Waals surface area contributed by atoms with Crippen LogP contribution in [0.25, 0.3) is 5.57 Å². The third-order valence-corrected chi connectivity index (χ3v) is 4.52. The highest BCUT2D eigenvalue weighted by atomic mass is 19.4. The molecule has 1 unspecified atom stereocenters. The zero-order valence-electron chi connectivity index (χ0n) is 14.6. The van der Waals surface area contributed by atoms with Gasteiger partial charge in [0.2, 0.25) is 0 Å². The van der Waals surface area contributed by atoms with Crippen molar-refractivity contribution in [3.05, 3.63) is 77.0 Å². The van der Waals surface area contributed by atoms with Crippen LogP contribution in [-0.2, 0) is 17.1 Å². The predicted molar refractivity (Wildman–Crippen MR) is 91.2 cm³/mol. The van der Waals surface area contributed by atoms with Crippen molar-refractivity contribution < 1.29 is 31.1 Å². The lowest BCUT2D eigenvalue weighted by Gasteiger charge is -2.30. The van der Waals surface area contributed by atoms with E-state index in [1.54, 1.807) is 11.9 Å². The first-order valence-corrected chi connectivity index (χ1v) is 8.28. The van der Waals surface area contributed by atoms with E-state index in [2.05, 4.69) is 0 Å². The number of Topliss-reactive ketones (excluding diaryl/α,β-unsaturated/α-hetero) is 1. The van der Waals surface area contributed by atoms with Crippen LogP contribution in [0.1, 0.15) is 28.2 Å². The van der Waals surface area contributed by atoms with E-state index in [4.69, 9.17) is 0 Å². The number of likely N-dealkylation sites (N-methyl/N-ethyl adjacent to an activating group) is 1. The van der Waals surface area contributed by atoms with Gasteiger partial charge in [-0.25, -0.2) is 0 Å². The Morgan fingerprint density at radius 3 is 2.07 bits per heavy atom. The molecule has 0 fully saturated rings. The molecule has 0 N–H and O–H groups in total. The third kappa shape index (κ3) is 4.05. The standard InChI is InChI=1S/C20H15F6NO/c1-27-10-16(12-4-2-6-14(8-12)19(21,22)23)18(28)17(11-27)13-5-3-7-15(9-13)20(24,25)26/h2-10,17H,11H2,1H3. The maximum Gasteiger partial charge on any atom is 0.416 e. The van der Waals surface area contributed by atoms with Gasteiger partial charge in [0.1, 0.15) is 0 Å². The molecule has 0 saturated heterocycles. The summed E-state index contributed by atoms with van der Waals surface area (Å²) in [7, 11) is 1.61. The van der Waals surface area contributed by atoms with Crippen LogP contribution in [0.2, 0.25) is 0 Å². The van der Waals surface area contributed by atoms with Crippen molar-refractivity contribution in [2.75, 3.05) is 13.6 Å². The van der Waals surface area contributed by atoms with Gasteiger partial charge in [-0.2, -0.15) is 26.3 Å². The van der Waals surface area contributed by atoms with Crippen molar-refractivity contribution >= 4 is 11.4 Å². The molecule has 0 spiro atoms. The second-order valence-corrected chi connectivity index (χ2v) is 6.60. The number of carbonyl (C=O) groups excluding carboxylic acids is 1. The molecule has 1 aliphatic rings. The molecule has 0 bridgehead atoms. The van der Waals surface area contributed by atoms with Crippen molar-refractivity contribution in [1.82, 2.24) is 4.90 Å². The minimum absolute atomic E-state index is 0.0299. The van der Waals surface area contributed by atoms with E-state index in [9.17, 15) is 31.1 Å². The number of halogens is 6. The summed E-state index contributed by atoms with van der Waals surface area (Å²) in [6.07, 6.45) is -7.71. The number of benzene rings is 2. The molecule has 1 atom stereocenters. The zero-order valence-corrected chi connectivity index (χ0v) is 14.6. The first kappa shape index (κ1) is 20.0. The van der Waals surface area contributed by atoms with E-state index < -0.39 is 35.2 Å². The van der Waals surface area contributed by atoms with Crippen LogP contribution >= 0.6 is 0 Å². The summed E-state index contributed by atoms with van der Waals surface area (Å²) in [4.78, 5) is 14.5. The molecule has 2 aromatic rings. The van der Waals surface area contributed by atoms with Crippen molar-refractivity contribution in [1.29, 1.82) is 0 Å². The predicted octanol–water partition coefficient (Wildman–Crippen LogP) is 5.36. The average Bonchev–Trinajstić information content (AvgIpc) is 2.62. The summed E-state index contributed by atoms with van der Waals surface area (Å²) in [5, 5.41) is 0. The Balaban J connectivity index is 2.00. The molecule has 28 heavy (non-hydrogen) atoms. The van der Waals surface area contributed by atoms with Crippen molar-refractivity contribution in [3.8, 4) is 0 Å². The SMILES string of the molecule is CN1C=C(c2cccc(C(F)(F)F)c2)C(=O)C(c2cccc(C(F)(F)F)c2)C1. The van der Waals surface area contributed by atoms with Crippen molar-refractivity contribution in [2.24, 2.45) is 0 Å². The minimum atomic E-state index is -4.57. The average molecular weight is 399 g/mol. The monoisotopic (exact) mass is 399 g/mol. The lowest BCUT2D eigenvalue weighted by Crippen LogP contribution is -2.32. The second-order valence-electron chi connectivity index (χ2n) is 6.60. The molecule has 0 saturated carbocycles. The van der Waals surface area contributed by atoms with Gasteiger partial charge in [-0.1, -0.05) is 30.3 Å². The summed E-state index contributed by atoms with van der Waals surface area (Å²) in [5.41, 5.74) is -1.51. The molecule has 0 radical (unpaired) electrons. The van der Waals surface area contributed by atoms with E-state index in [-0.39, 0.29) is 23.2 Å². The fraction of sp³-hybridized carbons (Fsp3) is 0.250. The van der Waals surface area contributed by atoms with Crippen molar-refractivity contribution in [3.63, 3.8) is 0 Å². The lowest BCUT2D eigenvalue weighted by molar-refractivity contribution is -0.138. The Hall–Kier alpha value is -2.77. The molecule has 0 amide bonds. The van der Waals surface area contributed by atoms with Gasteiger partial charge in [0.15, 0.2) is 5.78 Å². The molecule has 8 heteroatoms. The number of carbonyl (C=O) groups is 1. The van der Waals surface area contributed by atoms with Gasteiger partial charge >= 0.3 is 12.4 Å². The van der Waals surface area contributed by atoms with Crippen LogP contribution in [0.15, 0.2) is 54.7 Å². The topological polar surface area (TPSA) is 20.3 Å². The minimum Gasteiger partial charge on any atom is -0.379 e. The van der Waals surface area contributed by atoms with Crippen molar-refractivity contribution in [2.45, 2.75) is 18.3 Å². The first-order chi connectivity index (χ1) is 13.0. The molecule has 1 heterocycles. The maximum atomic E-state index is 13.0. The fourth-order valence-corrected chi connectivity index (χ4v) is 3.16. The number of rotatable bonds is 2. The molecule has 148 valence electrons. The number of hydrogen-bond acceptors (Lipinski definition) is 2. The van der Waals surface area contributed by atoms with E-state index in [0.717, 1.165) is 24.3 Å². The number of hydrogen-bond donors (Lipinski definition) is 0. The summed E-state index contributed by atoms with van der Waals surface area (Å²) in [6, 6.07) is 8.78. The Morgan fingerprint density at radius 2 is 1.46 bits per heavy atom. The molecule has 1 aliphatic heterocycles. The Kier molecular flexibility index (Phi) is 4.99. The van der Waals surface area contributed by atoms with Crippen LogP contribution in [-0.4, -0.2) is 24.3 Å². The van der Waals surface area contributed by atoms with Gasteiger partial charge in [-0.05, 0) is 29.3 Å². The summed E-state index contributed by atoms with van der Waals surface area (Å²) in [6.45, 7) is 0.128. The van der Waals surface area contributed by atoms with Crippen LogP contribution in [0.4, 0.5) is 26.3 Å². The van der Waals surface area contributed by atoms with Gasteiger partial charge in [-0.15, -0.1) is 0 Å². The van der Waals surface area contributed by atoms with Gasteiger partial charge in [-0.3, -0.25) is 4.79 Å². The van der Waals surface area contributed by atoms with Gasteiger partial charge in [0.25, 0.3) is 0 Å². The second kappa shape index (κ2) is 7.00. The van der Waals surface area contributed by atoms with Gasteiger partial charge in [0.05, 0.1) is 17.0 Å². The van der Waals surface area contributed by atoms with E-state index in [0.29, 0.717) is 0 Å². The normalized spacial score (nSPS) is 18.2. The van der Waals surface area contributed by atoms with E-state index in [1.807, 2.05) is 0 Å². The van der Waals surface area contributed by atoms with Crippen LogP contribution in [0.3, 0.4) is 0 Å². The van der Waals surface area contributed by atoms with E-state index >= 15 is 0 Å². The number of alkyl halides is 6. The van der Waals surface area contributed by atoms with E-state index in [1.165, 1.54) is 30.5 Å². The third-order valence-electron chi connectivity index (χ3n) is 4.52. The number of allylic oxidation sites excluding steroid dienone is 1. The smallest absolute Gasteiger partial charge is 0.379 e. The highest BCUT2D eigenvalue weighted by molar-refractivity contribution is 6.24. The van der Waals surface area contributed by atoms with Gasteiger partial charge in [0, 0.05) is 25.4 Å². The lowest BCUT2D eigenvalue weighted by atomic mass is 9.84. The first-order valence-electron chi connectivity index (χ1n) is 8.28. The molecule has 2 aromatic carbocycles. The van der Waals surface area contributed by atoms with Crippen LogP contribution < -0.4 is 0 Å². The molecule has 2 nitrogen and oxygen atoms in total.